The molecule has 1 aliphatic carbocycles. The lowest BCUT2D eigenvalue weighted by atomic mass is 9.95. The van der Waals surface area contributed by atoms with Gasteiger partial charge in [-0.15, -0.1) is 0 Å². The molecule has 0 aliphatic heterocycles. The van der Waals surface area contributed by atoms with Gasteiger partial charge in [-0.1, -0.05) is 80.8 Å². The monoisotopic (exact) mass is 605 g/mol. The number of carbonyl (C=O) groups excluding carboxylic acids is 2. The van der Waals surface area contributed by atoms with Gasteiger partial charge in [0.05, 0.1) is 17.7 Å². The molecule has 1 atom stereocenters. The van der Waals surface area contributed by atoms with Gasteiger partial charge in [0.15, 0.2) is 0 Å². The van der Waals surface area contributed by atoms with Gasteiger partial charge in [-0.2, -0.15) is 0 Å². The summed E-state index contributed by atoms with van der Waals surface area (Å²) < 4.78 is 34.9. The van der Waals surface area contributed by atoms with E-state index in [2.05, 4.69) is 5.32 Å². The molecule has 0 heterocycles. The van der Waals surface area contributed by atoms with Crippen molar-refractivity contribution in [2.45, 2.75) is 75.8 Å². The van der Waals surface area contributed by atoms with Crippen LogP contribution in [0.15, 0.2) is 83.8 Å². The molecule has 0 spiro atoms. The second-order valence-corrected chi connectivity index (χ2v) is 13.0. The third-order valence-corrected chi connectivity index (χ3v) is 9.81. The molecule has 9 heteroatoms. The van der Waals surface area contributed by atoms with Gasteiger partial charge in [0.1, 0.15) is 18.3 Å². The predicted molar refractivity (Wildman–Crippen MR) is 170 cm³/mol. The fourth-order valence-electron chi connectivity index (χ4n) is 5.67. The third kappa shape index (κ3) is 8.16. The van der Waals surface area contributed by atoms with Gasteiger partial charge in [-0.05, 0) is 68.0 Å². The molecule has 3 aromatic carbocycles. The lowest BCUT2D eigenvalue weighted by Crippen LogP contribution is -2.54. The lowest BCUT2D eigenvalue weighted by Gasteiger charge is -2.34. The molecule has 0 radical (unpaired) electrons. The average molecular weight is 606 g/mol. The number of hydrogen-bond donors (Lipinski definition) is 1. The van der Waals surface area contributed by atoms with Crippen LogP contribution in [0.3, 0.4) is 0 Å². The van der Waals surface area contributed by atoms with Crippen LogP contribution >= 0.6 is 0 Å². The zero-order valence-corrected chi connectivity index (χ0v) is 26.2. The van der Waals surface area contributed by atoms with Gasteiger partial charge in [-0.3, -0.25) is 13.9 Å². The van der Waals surface area contributed by atoms with Gasteiger partial charge in [0.25, 0.3) is 10.0 Å². The summed E-state index contributed by atoms with van der Waals surface area (Å²) in [5, 5.41) is 3.19. The van der Waals surface area contributed by atoms with Crippen LogP contribution in [-0.2, 0) is 26.0 Å². The van der Waals surface area contributed by atoms with Crippen LogP contribution in [0, 0.1) is 6.92 Å². The standard InChI is InChI=1S/C34H43N3O5S/c1-4-30(34(39)35-28-16-10-6-11-17-28)36(23-22-27-14-8-5-9-15-27)33(38)25-37(31-24-26(2)20-21-32(31)42-3)43(40,41)29-18-12-7-13-19-29/h5,7-9,12-15,18-21,24,28,30H,4,6,10-11,16-17,22-23,25H2,1-3H3,(H,35,39). The smallest absolute Gasteiger partial charge is 0.264 e. The van der Waals surface area contributed by atoms with Gasteiger partial charge in [-0.25, -0.2) is 8.42 Å². The molecule has 4 rings (SSSR count). The van der Waals surface area contributed by atoms with Crippen LogP contribution < -0.4 is 14.4 Å². The number of benzene rings is 3. The quantitative estimate of drug-likeness (QED) is 0.278. The van der Waals surface area contributed by atoms with Crippen molar-refractivity contribution >= 4 is 27.5 Å². The Morgan fingerprint density at radius 3 is 2.23 bits per heavy atom. The van der Waals surface area contributed by atoms with Crippen LogP contribution in [-0.4, -0.2) is 57.4 Å². The van der Waals surface area contributed by atoms with Crippen molar-refractivity contribution in [1.82, 2.24) is 10.2 Å². The second-order valence-electron chi connectivity index (χ2n) is 11.1. The lowest BCUT2D eigenvalue weighted by molar-refractivity contribution is -0.140. The first-order valence-corrected chi connectivity index (χ1v) is 16.5. The fourth-order valence-corrected chi connectivity index (χ4v) is 7.11. The zero-order chi connectivity index (χ0) is 30.8. The summed E-state index contributed by atoms with van der Waals surface area (Å²) in [6.07, 6.45) is 6.09. The molecule has 2 amide bonds. The van der Waals surface area contributed by atoms with Crippen LogP contribution in [0.1, 0.15) is 56.6 Å². The summed E-state index contributed by atoms with van der Waals surface area (Å²) in [7, 11) is -2.70. The molecule has 1 unspecified atom stereocenters. The minimum absolute atomic E-state index is 0.0595. The molecule has 43 heavy (non-hydrogen) atoms. The summed E-state index contributed by atoms with van der Waals surface area (Å²) in [5.74, 6) is -0.318. The Hall–Kier alpha value is -3.85. The topological polar surface area (TPSA) is 96.0 Å². The Balaban J connectivity index is 1.71. The third-order valence-electron chi connectivity index (χ3n) is 8.03. The van der Waals surface area contributed by atoms with Crippen molar-refractivity contribution in [1.29, 1.82) is 0 Å². The number of amides is 2. The molecule has 0 bridgehead atoms. The molecular formula is C34H43N3O5S. The number of rotatable bonds is 13. The highest BCUT2D eigenvalue weighted by Crippen LogP contribution is 2.33. The zero-order valence-electron chi connectivity index (χ0n) is 25.4. The fraction of sp³-hybridized carbons (Fsp3) is 0.412. The Morgan fingerprint density at radius 2 is 1.60 bits per heavy atom. The largest absolute Gasteiger partial charge is 0.495 e. The number of ether oxygens (including phenoxy) is 1. The highest BCUT2D eigenvalue weighted by atomic mass is 32.2. The molecule has 1 saturated carbocycles. The van der Waals surface area contributed by atoms with E-state index in [9.17, 15) is 18.0 Å². The van der Waals surface area contributed by atoms with Gasteiger partial charge in [0.2, 0.25) is 11.8 Å². The van der Waals surface area contributed by atoms with E-state index < -0.39 is 28.5 Å². The van der Waals surface area contributed by atoms with E-state index in [-0.39, 0.29) is 29.1 Å². The van der Waals surface area contributed by atoms with Crippen LogP contribution in [0.2, 0.25) is 0 Å². The maximum Gasteiger partial charge on any atom is 0.264 e. The Morgan fingerprint density at radius 1 is 0.953 bits per heavy atom. The Kier molecular flexibility index (Phi) is 11.2. The molecule has 0 saturated heterocycles. The number of sulfonamides is 1. The number of carbonyl (C=O) groups is 2. The first-order valence-electron chi connectivity index (χ1n) is 15.1. The Labute approximate surface area is 256 Å². The summed E-state index contributed by atoms with van der Waals surface area (Å²) >= 11 is 0. The minimum atomic E-state index is -4.17. The number of methoxy groups -OCH3 is 1. The molecule has 1 fully saturated rings. The summed E-state index contributed by atoms with van der Waals surface area (Å²) in [5.41, 5.74) is 2.11. The minimum Gasteiger partial charge on any atom is -0.495 e. The number of nitrogens with one attached hydrogen (secondary N) is 1. The van der Waals surface area contributed by atoms with Gasteiger partial charge >= 0.3 is 0 Å². The number of aryl methyl sites for hydroxylation is 1. The van der Waals surface area contributed by atoms with E-state index in [1.54, 1.807) is 35.2 Å². The summed E-state index contributed by atoms with van der Waals surface area (Å²) in [6, 6.07) is 22.4. The highest BCUT2D eigenvalue weighted by molar-refractivity contribution is 7.92. The molecule has 3 aromatic rings. The van der Waals surface area contributed by atoms with E-state index >= 15 is 0 Å². The second kappa shape index (κ2) is 15.0. The van der Waals surface area contributed by atoms with Crippen molar-refractivity contribution in [3.05, 3.63) is 90.0 Å². The van der Waals surface area contributed by atoms with Gasteiger partial charge < -0.3 is 15.0 Å². The van der Waals surface area contributed by atoms with Crippen LogP contribution in [0.25, 0.3) is 0 Å². The van der Waals surface area contributed by atoms with Crippen LogP contribution in [0.4, 0.5) is 5.69 Å². The van der Waals surface area contributed by atoms with Crippen molar-refractivity contribution in [2.75, 3.05) is 24.5 Å². The molecule has 0 aromatic heterocycles. The maximum absolute atomic E-state index is 14.3. The van der Waals surface area contributed by atoms with Crippen molar-refractivity contribution in [3.8, 4) is 5.75 Å². The van der Waals surface area contributed by atoms with E-state index in [0.29, 0.717) is 18.6 Å². The molecule has 1 aliphatic rings. The average Bonchev–Trinajstić information content (AvgIpc) is 3.03. The number of anilines is 1. The predicted octanol–water partition coefficient (Wildman–Crippen LogP) is 5.50. The van der Waals surface area contributed by atoms with Crippen molar-refractivity contribution in [2.24, 2.45) is 0 Å². The van der Waals surface area contributed by atoms with Crippen molar-refractivity contribution in [3.63, 3.8) is 0 Å². The van der Waals surface area contributed by atoms with Crippen LogP contribution in [0.5, 0.6) is 5.75 Å². The first-order chi connectivity index (χ1) is 20.7. The summed E-state index contributed by atoms with van der Waals surface area (Å²) in [4.78, 5) is 29.6. The Bertz CT molecular complexity index is 1460. The van der Waals surface area contributed by atoms with E-state index in [1.807, 2.05) is 50.2 Å². The molecule has 1 N–H and O–H groups in total. The normalized spacial score (nSPS) is 14.5. The van der Waals surface area contributed by atoms with Gasteiger partial charge in [0, 0.05) is 12.6 Å². The summed E-state index contributed by atoms with van der Waals surface area (Å²) in [6.45, 7) is 3.52. The van der Waals surface area contributed by atoms with Crippen molar-refractivity contribution < 1.29 is 22.7 Å². The number of hydrogen-bond acceptors (Lipinski definition) is 5. The molecule has 8 nitrogen and oxygen atoms in total. The molecular weight excluding hydrogens is 562 g/mol. The van der Waals surface area contributed by atoms with E-state index in [1.165, 1.54) is 25.7 Å². The first kappa shape index (κ1) is 32.1. The van der Waals surface area contributed by atoms with E-state index in [4.69, 9.17) is 4.74 Å². The molecule has 230 valence electrons. The number of nitrogens with zero attached hydrogens (tertiary/aromatic N) is 2. The highest BCUT2D eigenvalue weighted by Gasteiger charge is 2.35. The van der Waals surface area contributed by atoms with E-state index in [0.717, 1.165) is 41.1 Å². The maximum atomic E-state index is 14.3. The SMILES string of the molecule is CCC(C(=O)NC1CCCCC1)N(CCc1ccccc1)C(=O)CN(c1cc(C)ccc1OC)S(=O)(=O)c1ccccc1.